The molecule has 0 bridgehead atoms. The molecule has 1 atom stereocenters. The van der Waals surface area contributed by atoms with Crippen molar-refractivity contribution in [3.63, 3.8) is 0 Å². The Hall–Kier alpha value is -2.40. The Morgan fingerprint density at radius 2 is 1.74 bits per heavy atom. The van der Waals surface area contributed by atoms with Gasteiger partial charge in [-0.3, -0.25) is 4.79 Å². The van der Waals surface area contributed by atoms with E-state index in [4.69, 9.17) is 5.26 Å². The van der Waals surface area contributed by atoms with E-state index in [1.165, 1.54) is 24.3 Å². The Bertz CT molecular complexity index is 749. The molecule has 6 heteroatoms. The third-order valence-electron chi connectivity index (χ3n) is 3.23. The minimum atomic E-state index is -1.09. The van der Waals surface area contributed by atoms with Gasteiger partial charge in [-0.2, -0.15) is 5.26 Å². The summed E-state index contributed by atoms with van der Waals surface area (Å²) in [5, 5.41) is 20.6. The number of hydrogen-bond acceptors (Lipinski definition) is 3. The molecule has 0 fully saturated rings. The summed E-state index contributed by atoms with van der Waals surface area (Å²) in [5.41, 5.74) is 1.59. The van der Waals surface area contributed by atoms with Crippen molar-refractivity contribution < 1.29 is 14.7 Å². The first-order chi connectivity index (χ1) is 11.0. The standard InChI is InChI=1S/C17H13IN2O3/c18-14-7-3-11(4-8-14)9-15(17(22)23)20-16(21)13-5-1-12(10-19)2-6-13/h1-8,15H,9H2,(H,20,21)(H,22,23)/t15-/m1/s1. The number of amides is 1. The number of carboxylic acid groups (broad SMARTS) is 1. The molecule has 0 aliphatic carbocycles. The zero-order valence-electron chi connectivity index (χ0n) is 12.0. The summed E-state index contributed by atoms with van der Waals surface area (Å²) >= 11 is 2.17. The molecule has 2 aromatic rings. The number of carboxylic acids is 1. The highest BCUT2D eigenvalue weighted by Crippen LogP contribution is 2.10. The molecular weight excluding hydrogens is 407 g/mol. The molecule has 0 unspecified atom stereocenters. The molecule has 0 radical (unpaired) electrons. The second-order valence-electron chi connectivity index (χ2n) is 4.88. The highest BCUT2D eigenvalue weighted by molar-refractivity contribution is 14.1. The van der Waals surface area contributed by atoms with Crippen LogP contribution in [0.25, 0.3) is 0 Å². The molecule has 23 heavy (non-hydrogen) atoms. The van der Waals surface area contributed by atoms with Crippen LogP contribution in [0.4, 0.5) is 0 Å². The molecular formula is C17H13IN2O3. The number of nitrogens with one attached hydrogen (secondary N) is 1. The van der Waals surface area contributed by atoms with Crippen molar-refractivity contribution >= 4 is 34.5 Å². The van der Waals surface area contributed by atoms with Gasteiger partial charge >= 0.3 is 5.97 Å². The average molecular weight is 420 g/mol. The summed E-state index contributed by atoms with van der Waals surface area (Å²) < 4.78 is 1.06. The number of nitriles is 1. The normalized spacial score (nSPS) is 11.3. The van der Waals surface area contributed by atoms with Gasteiger partial charge in [0, 0.05) is 15.6 Å². The molecule has 0 spiro atoms. The minimum Gasteiger partial charge on any atom is -0.480 e. The zero-order chi connectivity index (χ0) is 16.8. The van der Waals surface area contributed by atoms with Crippen LogP contribution in [0.3, 0.4) is 0 Å². The summed E-state index contributed by atoms with van der Waals surface area (Å²) in [7, 11) is 0. The molecule has 1 amide bonds. The molecule has 0 aromatic heterocycles. The Morgan fingerprint density at radius 3 is 2.26 bits per heavy atom. The van der Waals surface area contributed by atoms with Crippen LogP contribution in [0.1, 0.15) is 21.5 Å². The molecule has 116 valence electrons. The maximum absolute atomic E-state index is 12.1. The molecule has 5 nitrogen and oxygen atoms in total. The van der Waals surface area contributed by atoms with Gasteiger partial charge in [0.15, 0.2) is 0 Å². The fourth-order valence-electron chi connectivity index (χ4n) is 1.99. The maximum Gasteiger partial charge on any atom is 0.326 e. The number of benzene rings is 2. The molecule has 2 aromatic carbocycles. The number of hydrogen-bond donors (Lipinski definition) is 2. The third kappa shape index (κ3) is 4.79. The molecule has 2 N–H and O–H groups in total. The van der Waals surface area contributed by atoms with Crippen molar-refractivity contribution in [3.8, 4) is 6.07 Å². The zero-order valence-corrected chi connectivity index (χ0v) is 14.1. The lowest BCUT2D eigenvalue weighted by molar-refractivity contribution is -0.139. The summed E-state index contributed by atoms with van der Waals surface area (Å²) in [4.78, 5) is 23.5. The van der Waals surface area contributed by atoms with E-state index in [9.17, 15) is 14.7 Å². The summed E-state index contributed by atoms with van der Waals surface area (Å²) in [6.07, 6.45) is 0.203. The van der Waals surface area contributed by atoms with E-state index in [0.717, 1.165) is 9.13 Å². The van der Waals surface area contributed by atoms with Crippen LogP contribution < -0.4 is 5.32 Å². The lowest BCUT2D eigenvalue weighted by atomic mass is 10.1. The number of aliphatic carboxylic acids is 1. The number of rotatable bonds is 5. The molecule has 0 aliphatic heterocycles. The Morgan fingerprint density at radius 1 is 1.13 bits per heavy atom. The van der Waals surface area contributed by atoms with Gasteiger partial charge in [0.1, 0.15) is 6.04 Å². The lowest BCUT2D eigenvalue weighted by Crippen LogP contribution is -2.42. The second kappa shape index (κ2) is 7.74. The number of halogens is 1. The van der Waals surface area contributed by atoms with Crippen molar-refractivity contribution in [2.45, 2.75) is 12.5 Å². The largest absolute Gasteiger partial charge is 0.480 e. The highest BCUT2D eigenvalue weighted by atomic mass is 127. The van der Waals surface area contributed by atoms with Crippen LogP contribution in [-0.4, -0.2) is 23.0 Å². The summed E-state index contributed by atoms with van der Waals surface area (Å²) in [6, 6.07) is 14.4. The van der Waals surface area contributed by atoms with Gasteiger partial charge in [-0.1, -0.05) is 12.1 Å². The quantitative estimate of drug-likeness (QED) is 0.728. The molecule has 0 heterocycles. The van der Waals surface area contributed by atoms with Crippen LogP contribution in [0, 0.1) is 14.9 Å². The fourth-order valence-corrected chi connectivity index (χ4v) is 2.35. The van der Waals surface area contributed by atoms with Crippen LogP contribution in [0.5, 0.6) is 0 Å². The van der Waals surface area contributed by atoms with E-state index in [0.29, 0.717) is 11.1 Å². The summed E-state index contributed by atoms with van der Waals surface area (Å²) in [5.74, 6) is -1.57. The van der Waals surface area contributed by atoms with Crippen molar-refractivity contribution in [1.82, 2.24) is 5.32 Å². The number of carbonyl (C=O) groups is 2. The van der Waals surface area contributed by atoms with Crippen LogP contribution in [-0.2, 0) is 11.2 Å². The Labute approximate surface area is 147 Å². The van der Waals surface area contributed by atoms with Gasteiger partial charge in [0.2, 0.25) is 0 Å². The van der Waals surface area contributed by atoms with Crippen molar-refractivity contribution in [3.05, 3.63) is 68.8 Å². The monoisotopic (exact) mass is 420 g/mol. The molecule has 0 saturated carbocycles. The third-order valence-corrected chi connectivity index (χ3v) is 3.95. The van der Waals surface area contributed by atoms with Gasteiger partial charge in [0.25, 0.3) is 5.91 Å². The van der Waals surface area contributed by atoms with Gasteiger partial charge in [-0.05, 0) is 64.6 Å². The topological polar surface area (TPSA) is 90.2 Å². The predicted molar refractivity (Wildman–Crippen MR) is 92.9 cm³/mol. The van der Waals surface area contributed by atoms with Crippen LogP contribution in [0.2, 0.25) is 0 Å². The van der Waals surface area contributed by atoms with E-state index in [2.05, 4.69) is 27.9 Å². The molecule has 0 aliphatic rings. The van der Waals surface area contributed by atoms with Crippen molar-refractivity contribution in [1.29, 1.82) is 5.26 Å². The van der Waals surface area contributed by atoms with Crippen LogP contribution >= 0.6 is 22.6 Å². The van der Waals surface area contributed by atoms with Gasteiger partial charge in [-0.15, -0.1) is 0 Å². The van der Waals surface area contributed by atoms with Crippen molar-refractivity contribution in [2.75, 3.05) is 0 Å². The maximum atomic E-state index is 12.1. The first-order valence-electron chi connectivity index (χ1n) is 6.78. The van der Waals surface area contributed by atoms with E-state index in [1.54, 1.807) is 0 Å². The smallest absolute Gasteiger partial charge is 0.326 e. The molecule has 0 saturated heterocycles. The van der Waals surface area contributed by atoms with E-state index >= 15 is 0 Å². The Balaban J connectivity index is 2.09. The van der Waals surface area contributed by atoms with E-state index in [1.807, 2.05) is 30.3 Å². The Kier molecular flexibility index (Phi) is 5.71. The van der Waals surface area contributed by atoms with Crippen molar-refractivity contribution in [2.24, 2.45) is 0 Å². The highest BCUT2D eigenvalue weighted by Gasteiger charge is 2.21. The van der Waals surface area contributed by atoms with E-state index < -0.39 is 17.9 Å². The molecule has 2 rings (SSSR count). The number of carbonyl (C=O) groups excluding carboxylic acids is 1. The predicted octanol–water partition coefficient (Wildman–Crippen LogP) is 2.59. The van der Waals surface area contributed by atoms with E-state index in [-0.39, 0.29) is 6.42 Å². The lowest BCUT2D eigenvalue weighted by Gasteiger charge is -2.15. The number of nitrogens with zero attached hydrogens (tertiary/aromatic N) is 1. The average Bonchev–Trinajstić information content (AvgIpc) is 2.56. The van der Waals surface area contributed by atoms with Gasteiger partial charge in [0.05, 0.1) is 11.6 Å². The first kappa shape index (κ1) is 17.0. The SMILES string of the molecule is N#Cc1ccc(C(=O)N[C@H](Cc2ccc(I)cc2)C(=O)O)cc1. The minimum absolute atomic E-state index is 0.203. The fraction of sp³-hybridized carbons (Fsp3) is 0.118. The van der Waals surface area contributed by atoms with Gasteiger partial charge < -0.3 is 10.4 Å². The van der Waals surface area contributed by atoms with Gasteiger partial charge in [-0.25, -0.2) is 4.79 Å². The van der Waals surface area contributed by atoms with Crippen LogP contribution in [0.15, 0.2) is 48.5 Å². The summed E-state index contributed by atoms with van der Waals surface area (Å²) in [6.45, 7) is 0. The first-order valence-corrected chi connectivity index (χ1v) is 7.86. The second-order valence-corrected chi connectivity index (χ2v) is 6.13.